The molecular weight excluding hydrogens is 353 g/mol. The molecule has 3 nitrogen and oxygen atoms in total. The molecular formula is C24H22FNO2. The molecule has 3 aromatic rings. The first kappa shape index (κ1) is 18.4. The summed E-state index contributed by atoms with van der Waals surface area (Å²) in [4.78, 5) is 14.6. The molecule has 142 valence electrons. The van der Waals surface area contributed by atoms with Crippen molar-refractivity contribution in [1.29, 1.82) is 0 Å². The lowest BCUT2D eigenvalue weighted by atomic mass is 9.84. The predicted octanol–water partition coefficient (Wildman–Crippen LogP) is 4.62. The third kappa shape index (κ3) is 3.69. The second-order valence-electron chi connectivity index (χ2n) is 7.27. The monoisotopic (exact) mass is 375 g/mol. The second kappa shape index (κ2) is 7.56. The zero-order chi connectivity index (χ0) is 19.6. The van der Waals surface area contributed by atoms with Crippen molar-refractivity contribution in [3.8, 4) is 11.1 Å². The highest BCUT2D eigenvalue weighted by atomic mass is 19.1. The van der Waals surface area contributed by atoms with Crippen LogP contribution in [0.1, 0.15) is 28.8 Å². The number of halogens is 1. The first-order valence-electron chi connectivity index (χ1n) is 9.48. The fraction of sp³-hybridized carbons (Fsp3) is 0.208. The van der Waals surface area contributed by atoms with E-state index in [0.29, 0.717) is 37.1 Å². The van der Waals surface area contributed by atoms with Crippen LogP contribution in [0.25, 0.3) is 11.1 Å². The third-order valence-corrected chi connectivity index (χ3v) is 5.50. The minimum atomic E-state index is -1.01. The van der Waals surface area contributed by atoms with E-state index in [9.17, 15) is 14.3 Å². The Labute approximate surface area is 164 Å². The molecule has 1 saturated heterocycles. The van der Waals surface area contributed by atoms with Gasteiger partial charge < -0.3 is 10.0 Å². The van der Waals surface area contributed by atoms with Crippen molar-refractivity contribution in [3.05, 3.63) is 95.8 Å². The summed E-state index contributed by atoms with van der Waals surface area (Å²) in [6.45, 7) is 0.931. The summed E-state index contributed by atoms with van der Waals surface area (Å²) < 4.78 is 13.1. The van der Waals surface area contributed by atoms with Crippen LogP contribution in [0.4, 0.5) is 4.39 Å². The average Bonchev–Trinajstić information content (AvgIpc) is 2.75. The maximum absolute atomic E-state index is 13.1. The molecule has 1 heterocycles. The molecule has 0 saturated carbocycles. The largest absolute Gasteiger partial charge is 0.385 e. The van der Waals surface area contributed by atoms with Crippen LogP contribution in [0.2, 0.25) is 0 Å². The van der Waals surface area contributed by atoms with E-state index in [2.05, 4.69) is 0 Å². The van der Waals surface area contributed by atoms with Crippen LogP contribution in [-0.4, -0.2) is 29.0 Å². The van der Waals surface area contributed by atoms with Gasteiger partial charge in [0.25, 0.3) is 5.91 Å². The molecule has 1 N–H and O–H groups in total. The normalized spacial score (nSPS) is 16.0. The SMILES string of the molecule is O=C(c1ccc(-c2ccccc2)cc1)N1CCC(O)(c2ccc(F)cc2)CC1. The average molecular weight is 375 g/mol. The van der Waals surface area contributed by atoms with Gasteiger partial charge in [0.15, 0.2) is 0 Å². The number of amides is 1. The van der Waals surface area contributed by atoms with Gasteiger partial charge in [-0.05, 0) is 53.8 Å². The molecule has 0 radical (unpaired) electrons. The Morgan fingerprint density at radius 1 is 0.821 bits per heavy atom. The highest BCUT2D eigenvalue weighted by Crippen LogP contribution is 2.33. The Bertz CT molecular complexity index is 944. The number of nitrogens with zero attached hydrogens (tertiary/aromatic N) is 1. The summed E-state index contributed by atoms with van der Waals surface area (Å²) >= 11 is 0. The summed E-state index contributed by atoms with van der Waals surface area (Å²) in [5.74, 6) is -0.348. The van der Waals surface area contributed by atoms with Gasteiger partial charge in [0.05, 0.1) is 5.60 Å². The van der Waals surface area contributed by atoms with E-state index in [1.54, 1.807) is 17.0 Å². The van der Waals surface area contributed by atoms with E-state index in [0.717, 1.165) is 11.1 Å². The van der Waals surface area contributed by atoms with E-state index < -0.39 is 5.60 Å². The molecule has 3 aromatic carbocycles. The molecule has 0 atom stereocenters. The first-order valence-corrected chi connectivity index (χ1v) is 9.48. The lowest BCUT2D eigenvalue weighted by Gasteiger charge is -2.38. The van der Waals surface area contributed by atoms with E-state index >= 15 is 0 Å². The van der Waals surface area contributed by atoms with Gasteiger partial charge >= 0.3 is 0 Å². The molecule has 0 aliphatic carbocycles. The highest BCUT2D eigenvalue weighted by Gasteiger charge is 2.35. The smallest absolute Gasteiger partial charge is 0.253 e. The van der Waals surface area contributed by atoms with Crippen molar-refractivity contribution in [3.63, 3.8) is 0 Å². The Morgan fingerprint density at radius 2 is 1.39 bits per heavy atom. The quantitative estimate of drug-likeness (QED) is 0.726. The lowest BCUT2D eigenvalue weighted by molar-refractivity contribution is -0.0211. The van der Waals surface area contributed by atoms with Gasteiger partial charge in [-0.25, -0.2) is 4.39 Å². The van der Waals surface area contributed by atoms with Gasteiger partial charge in [0.2, 0.25) is 0 Å². The van der Waals surface area contributed by atoms with Crippen LogP contribution >= 0.6 is 0 Å². The number of piperidine rings is 1. The number of benzene rings is 3. The third-order valence-electron chi connectivity index (χ3n) is 5.50. The molecule has 4 rings (SSSR count). The maximum atomic E-state index is 13.1. The first-order chi connectivity index (χ1) is 13.5. The predicted molar refractivity (Wildman–Crippen MR) is 107 cm³/mol. The van der Waals surface area contributed by atoms with Crippen molar-refractivity contribution in [2.24, 2.45) is 0 Å². The van der Waals surface area contributed by atoms with Gasteiger partial charge in [-0.15, -0.1) is 0 Å². The maximum Gasteiger partial charge on any atom is 0.253 e. The lowest BCUT2D eigenvalue weighted by Crippen LogP contribution is -2.45. The van der Waals surface area contributed by atoms with E-state index in [4.69, 9.17) is 0 Å². The van der Waals surface area contributed by atoms with Crippen molar-refractivity contribution < 1.29 is 14.3 Å². The number of hydrogen-bond donors (Lipinski definition) is 1. The van der Waals surface area contributed by atoms with Crippen molar-refractivity contribution in [2.45, 2.75) is 18.4 Å². The van der Waals surface area contributed by atoms with Gasteiger partial charge in [-0.1, -0.05) is 54.6 Å². The van der Waals surface area contributed by atoms with Gasteiger partial charge in [0, 0.05) is 18.7 Å². The minimum Gasteiger partial charge on any atom is -0.385 e. The van der Waals surface area contributed by atoms with E-state index in [1.165, 1.54) is 12.1 Å². The Kier molecular flexibility index (Phi) is 4.97. The molecule has 28 heavy (non-hydrogen) atoms. The van der Waals surface area contributed by atoms with Gasteiger partial charge in [-0.2, -0.15) is 0 Å². The van der Waals surface area contributed by atoms with E-state index in [1.807, 2.05) is 54.6 Å². The number of likely N-dealkylation sites (tertiary alicyclic amines) is 1. The van der Waals surface area contributed by atoms with Crippen LogP contribution < -0.4 is 0 Å². The van der Waals surface area contributed by atoms with Crippen LogP contribution in [-0.2, 0) is 5.60 Å². The molecule has 4 heteroatoms. The zero-order valence-electron chi connectivity index (χ0n) is 15.5. The number of hydrogen-bond acceptors (Lipinski definition) is 2. The van der Waals surface area contributed by atoms with Crippen LogP contribution in [0.5, 0.6) is 0 Å². The molecule has 1 aliphatic rings. The van der Waals surface area contributed by atoms with Crippen LogP contribution in [0, 0.1) is 5.82 Å². The van der Waals surface area contributed by atoms with Crippen molar-refractivity contribution in [2.75, 3.05) is 13.1 Å². The number of aliphatic hydroxyl groups is 1. The standard InChI is InChI=1S/C24H22FNO2/c25-22-12-10-21(11-13-22)24(28)14-16-26(17-15-24)23(27)20-8-6-19(7-9-20)18-4-2-1-3-5-18/h1-13,28H,14-17H2. The van der Waals surface area contributed by atoms with Gasteiger partial charge in [0.1, 0.15) is 5.82 Å². The Balaban J connectivity index is 1.43. The summed E-state index contributed by atoms with van der Waals surface area (Å²) in [5.41, 5.74) is 2.52. The second-order valence-corrected chi connectivity index (χ2v) is 7.27. The molecule has 0 spiro atoms. The van der Waals surface area contributed by atoms with Gasteiger partial charge in [-0.3, -0.25) is 4.79 Å². The molecule has 0 bridgehead atoms. The summed E-state index contributed by atoms with van der Waals surface area (Å²) in [5, 5.41) is 10.9. The summed E-state index contributed by atoms with van der Waals surface area (Å²) in [7, 11) is 0. The number of rotatable bonds is 3. The van der Waals surface area contributed by atoms with Crippen LogP contribution in [0.3, 0.4) is 0 Å². The van der Waals surface area contributed by atoms with Crippen LogP contribution in [0.15, 0.2) is 78.9 Å². The minimum absolute atomic E-state index is 0.0271. The van der Waals surface area contributed by atoms with Crippen molar-refractivity contribution >= 4 is 5.91 Å². The topological polar surface area (TPSA) is 40.5 Å². The highest BCUT2D eigenvalue weighted by molar-refractivity contribution is 5.94. The molecule has 0 unspecified atom stereocenters. The summed E-state index contributed by atoms with van der Waals surface area (Å²) in [6, 6.07) is 23.6. The van der Waals surface area contributed by atoms with Crippen molar-refractivity contribution in [1.82, 2.24) is 4.90 Å². The zero-order valence-corrected chi connectivity index (χ0v) is 15.5. The molecule has 1 amide bonds. The van der Waals surface area contributed by atoms with E-state index in [-0.39, 0.29) is 11.7 Å². The fourth-order valence-electron chi connectivity index (χ4n) is 3.75. The Morgan fingerprint density at radius 3 is 2.00 bits per heavy atom. The molecule has 0 aromatic heterocycles. The molecule has 1 aliphatic heterocycles. The number of carbonyl (C=O) groups is 1. The Hall–Kier alpha value is -2.98. The molecule has 1 fully saturated rings. The number of carbonyl (C=O) groups excluding carboxylic acids is 1. The summed E-state index contributed by atoms with van der Waals surface area (Å²) in [6.07, 6.45) is 0.874. The fourth-order valence-corrected chi connectivity index (χ4v) is 3.75.